The number of hydrogen-bond donors (Lipinski definition) is 0. The maximum absolute atomic E-state index is 5.72. The first-order valence-corrected chi connectivity index (χ1v) is 9.36. The van der Waals surface area contributed by atoms with E-state index < -0.39 is 0 Å². The van der Waals surface area contributed by atoms with Crippen molar-refractivity contribution < 1.29 is 9.15 Å². The lowest BCUT2D eigenvalue weighted by Gasteiger charge is -2.06. The van der Waals surface area contributed by atoms with Crippen molar-refractivity contribution in [3.8, 4) is 5.75 Å². The van der Waals surface area contributed by atoms with E-state index in [4.69, 9.17) is 9.15 Å². The summed E-state index contributed by atoms with van der Waals surface area (Å²) in [6, 6.07) is 16.6. The van der Waals surface area contributed by atoms with Crippen LogP contribution in [-0.4, -0.2) is 17.3 Å². The lowest BCUT2D eigenvalue weighted by atomic mass is 10.1. The highest BCUT2D eigenvalue weighted by Crippen LogP contribution is 2.22. The molecule has 0 fully saturated rings. The number of methoxy groups -OCH3 is 1. The first-order chi connectivity index (χ1) is 12.2. The lowest BCUT2D eigenvalue weighted by molar-refractivity contribution is 0.408. The van der Waals surface area contributed by atoms with Crippen LogP contribution in [0.4, 0.5) is 0 Å². The van der Waals surface area contributed by atoms with Crippen molar-refractivity contribution in [2.24, 2.45) is 0 Å². The van der Waals surface area contributed by atoms with Gasteiger partial charge < -0.3 is 9.15 Å². The van der Waals surface area contributed by atoms with Gasteiger partial charge in [-0.1, -0.05) is 54.2 Å². The Kier molecular flexibility index (Phi) is 6.12. The molecule has 0 amide bonds. The number of aromatic nitrogens is 2. The lowest BCUT2D eigenvalue weighted by Crippen LogP contribution is -1.93. The molecular formula is C20H22N2O2S. The molecule has 0 aliphatic rings. The highest BCUT2D eigenvalue weighted by molar-refractivity contribution is 7.98. The average Bonchev–Trinajstić information content (AvgIpc) is 3.09. The van der Waals surface area contributed by atoms with Crippen molar-refractivity contribution in [1.29, 1.82) is 0 Å². The molecule has 0 bridgehead atoms. The Morgan fingerprint density at radius 3 is 2.60 bits per heavy atom. The quantitative estimate of drug-likeness (QED) is 0.541. The van der Waals surface area contributed by atoms with Crippen LogP contribution in [0.2, 0.25) is 0 Å². The zero-order valence-corrected chi connectivity index (χ0v) is 15.4. The molecule has 0 aliphatic heterocycles. The fourth-order valence-electron chi connectivity index (χ4n) is 2.66. The van der Waals surface area contributed by atoms with E-state index in [2.05, 4.69) is 41.4 Å². The number of hydrogen-bond acceptors (Lipinski definition) is 5. The second kappa shape index (κ2) is 8.72. The van der Waals surface area contributed by atoms with Gasteiger partial charge in [0.1, 0.15) is 5.75 Å². The largest absolute Gasteiger partial charge is 0.496 e. The first kappa shape index (κ1) is 17.5. The van der Waals surface area contributed by atoms with E-state index in [1.54, 1.807) is 18.9 Å². The summed E-state index contributed by atoms with van der Waals surface area (Å²) in [6.45, 7) is 2.07. The zero-order valence-electron chi connectivity index (χ0n) is 14.6. The van der Waals surface area contributed by atoms with Gasteiger partial charge in [0, 0.05) is 12.2 Å². The molecule has 0 unspecified atom stereocenters. The third kappa shape index (κ3) is 5.10. The van der Waals surface area contributed by atoms with E-state index in [0.717, 1.165) is 36.3 Å². The van der Waals surface area contributed by atoms with Crippen LogP contribution in [0.15, 0.2) is 58.2 Å². The fraction of sp³-hybridized carbons (Fsp3) is 0.300. The van der Waals surface area contributed by atoms with E-state index in [-0.39, 0.29) is 0 Å². The molecule has 0 spiro atoms. The highest BCUT2D eigenvalue weighted by Gasteiger charge is 2.07. The van der Waals surface area contributed by atoms with Crippen molar-refractivity contribution >= 4 is 11.8 Å². The third-order valence-corrected chi connectivity index (χ3v) is 4.86. The number of thioether (sulfide) groups is 1. The van der Waals surface area contributed by atoms with Gasteiger partial charge in [-0.15, -0.1) is 10.2 Å². The predicted molar refractivity (Wildman–Crippen MR) is 100 cm³/mol. The Morgan fingerprint density at radius 1 is 1.00 bits per heavy atom. The summed E-state index contributed by atoms with van der Waals surface area (Å²) in [5.74, 6) is 2.48. The molecule has 0 radical (unpaired) electrons. The molecule has 0 N–H and O–H groups in total. The zero-order chi connectivity index (χ0) is 17.5. The Balaban J connectivity index is 1.46. The molecule has 5 heteroatoms. The monoisotopic (exact) mass is 354 g/mol. The highest BCUT2D eigenvalue weighted by atomic mass is 32.2. The number of rotatable bonds is 8. The standard InChI is InChI=1S/C20H22N2O2S/c1-15-13-16(11-12-18(15)23-2)9-6-10-19-21-22-20(24-19)25-14-17-7-4-3-5-8-17/h3-5,7-8,11-13H,6,9-10,14H2,1-2H3. The summed E-state index contributed by atoms with van der Waals surface area (Å²) in [6.07, 6.45) is 2.76. The topological polar surface area (TPSA) is 48.2 Å². The van der Waals surface area contributed by atoms with Crippen LogP contribution in [0.1, 0.15) is 29.0 Å². The van der Waals surface area contributed by atoms with Gasteiger partial charge >= 0.3 is 0 Å². The Bertz CT molecular complexity index is 802. The molecule has 0 saturated heterocycles. The fourth-order valence-corrected chi connectivity index (χ4v) is 3.39. The number of benzene rings is 2. The molecule has 1 aromatic heterocycles. The molecule has 4 nitrogen and oxygen atoms in total. The summed E-state index contributed by atoms with van der Waals surface area (Å²) in [7, 11) is 1.70. The summed E-state index contributed by atoms with van der Waals surface area (Å²) < 4.78 is 11.0. The molecule has 2 aromatic carbocycles. The first-order valence-electron chi connectivity index (χ1n) is 8.37. The maximum Gasteiger partial charge on any atom is 0.276 e. The van der Waals surface area contributed by atoms with Crippen LogP contribution in [0.25, 0.3) is 0 Å². The van der Waals surface area contributed by atoms with Crippen molar-refractivity contribution in [2.75, 3.05) is 7.11 Å². The number of aryl methyl sites for hydroxylation is 3. The molecule has 130 valence electrons. The van der Waals surface area contributed by atoms with Crippen LogP contribution in [0, 0.1) is 6.92 Å². The molecule has 0 saturated carbocycles. The minimum Gasteiger partial charge on any atom is -0.496 e. The normalized spacial score (nSPS) is 10.8. The second-order valence-electron chi connectivity index (χ2n) is 5.89. The van der Waals surface area contributed by atoms with E-state index in [9.17, 15) is 0 Å². The Hall–Kier alpha value is -2.27. The SMILES string of the molecule is COc1ccc(CCCc2nnc(SCc3ccccc3)o2)cc1C. The Morgan fingerprint density at radius 2 is 1.84 bits per heavy atom. The van der Waals surface area contributed by atoms with Gasteiger partial charge in [0.2, 0.25) is 5.89 Å². The van der Waals surface area contributed by atoms with E-state index in [1.165, 1.54) is 11.1 Å². The molecule has 0 atom stereocenters. The molecule has 0 aliphatic carbocycles. The number of ether oxygens (including phenoxy) is 1. The van der Waals surface area contributed by atoms with Gasteiger partial charge in [-0.05, 0) is 42.5 Å². The summed E-state index contributed by atoms with van der Waals surface area (Å²) in [5.41, 5.74) is 3.72. The second-order valence-corrected chi connectivity index (χ2v) is 6.82. The summed E-state index contributed by atoms with van der Waals surface area (Å²) in [5, 5.41) is 8.91. The van der Waals surface area contributed by atoms with Crippen LogP contribution >= 0.6 is 11.8 Å². The van der Waals surface area contributed by atoms with Gasteiger partial charge in [-0.2, -0.15) is 0 Å². The van der Waals surface area contributed by atoms with E-state index >= 15 is 0 Å². The van der Waals surface area contributed by atoms with E-state index in [0.29, 0.717) is 11.1 Å². The van der Waals surface area contributed by atoms with E-state index in [1.807, 2.05) is 24.3 Å². The molecule has 1 heterocycles. The predicted octanol–water partition coefficient (Wildman–Crippen LogP) is 4.85. The summed E-state index contributed by atoms with van der Waals surface area (Å²) in [4.78, 5) is 0. The van der Waals surface area contributed by atoms with Gasteiger partial charge in [0.25, 0.3) is 5.22 Å². The molecule has 3 aromatic rings. The van der Waals surface area contributed by atoms with Crippen molar-refractivity contribution in [3.63, 3.8) is 0 Å². The van der Waals surface area contributed by atoms with Crippen LogP contribution in [0.5, 0.6) is 5.75 Å². The smallest absolute Gasteiger partial charge is 0.276 e. The molecule has 3 rings (SSSR count). The number of nitrogens with zero attached hydrogens (tertiary/aromatic N) is 2. The van der Waals surface area contributed by atoms with Crippen LogP contribution in [0.3, 0.4) is 0 Å². The molecular weight excluding hydrogens is 332 g/mol. The van der Waals surface area contributed by atoms with Crippen molar-refractivity contribution in [3.05, 3.63) is 71.1 Å². The van der Waals surface area contributed by atoms with Crippen molar-refractivity contribution in [2.45, 2.75) is 37.2 Å². The van der Waals surface area contributed by atoms with Crippen molar-refractivity contribution in [1.82, 2.24) is 10.2 Å². The third-order valence-electron chi connectivity index (χ3n) is 3.97. The average molecular weight is 354 g/mol. The van der Waals surface area contributed by atoms with Crippen LogP contribution < -0.4 is 4.74 Å². The minimum absolute atomic E-state index is 0.638. The summed E-state index contributed by atoms with van der Waals surface area (Å²) >= 11 is 1.58. The van der Waals surface area contributed by atoms with Gasteiger partial charge in [0.15, 0.2) is 0 Å². The van der Waals surface area contributed by atoms with Crippen LogP contribution in [-0.2, 0) is 18.6 Å². The van der Waals surface area contributed by atoms with Gasteiger partial charge in [0.05, 0.1) is 7.11 Å². The maximum atomic E-state index is 5.72. The Labute approximate surface area is 152 Å². The van der Waals surface area contributed by atoms with Gasteiger partial charge in [-0.25, -0.2) is 0 Å². The molecule has 25 heavy (non-hydrogen) atoms. The van der Waals surface area contributed by atoms with Gasteiger partial charge in [-0.3, -0.25) is 0 Å². The minimum atomic E-state index is 0.638.